The van der Waals surface area contributed by atoms with Crippen molar-refractivity contribution < 1.29 is 14.3 Å². The third-order valence-corrected chi connectivity index (χ3v) is 4.30. The quantitative estimate of drug-likeness (QED) is 0.833. The summed E-state index contributed by atoms with van der Waals surface area (Å²) < 4.78 is 10.8. The van der Waals surface area contributed by atoms with Crippen LogP contribution in [0.1, 0.15) is 44.6 Å². The summed E-state index contributed by atoms with van der Waals surface area (Å²) in [5, 5.41) is 0. The van der Waals surface area contributed by atoms with Gasteiger partial charge in [0.25, 0.3) is 0 Å². The Morgan fingerprint density at radius 3 is 2.32 bits per heavy atom. The van der Waals surface area contributed by atoms with Crippen molar-refractivity contribution in [3.8, 4) is 11.5 Å². The summed E-state index contributed by atoms with van der Waals surface area (Å²) in [6.07, 6.45) is 5.22. The minimum atomic E-state index is -0.391. The molecule has 1 aromatic carbocycles. The summed E-state index contributed by atoms with van der Waals surface area (Å²) in [7, 11) is 3.30. The third kappa shape index (κ3) is 2.46. The Balaban J connectivity index is 2.54. The van der Waals surface area contributed by atoms with Crippen LogP contribution in [-0.2, 0) is 10.2 Å². The zero-order chi connectivity index (χ0) is 13.9. The maximum Gasteiger partial charge on any atom is 0.140 e. The first-order valence-electron chi connectivity index (χ1n) is 6.87. The predicted octanol–water partition coefficient (Wildman–Crippen LogP) is 3.49. The molecule has 0 bridgehead atoms. The van der Waals surface area contributed by atoms with Gasteiger partial charge in [0.05, 0.1) is 19.6 Å². The summed E-state index contributed by atoms with van der Waals surface area (Å²) in [6, 6.07) is 5.73. The second-order valence-corrected chi connectivity index (χ2v) is 5.27. The Morgan fingerprint density at radius 1 is 1.11 bits per heavy atom. The van der Waals surface area contributed by atoms with Crippen LogP contribution in [0.3, 0.4) is 0 Å². The zero-order valence-electron chi connectivity index (χ0n) is 12.0. The number of Topliss-reactive ketones (excluding diaryl/α,β-unsaturated/α-hetero) is 1. The van der Waals surface area contributed by atoms with E-state index in [9.17, 15) is 4.79 Å². The molecule has 2 rings (SSSR count). The molecule has 3 nitrogen and oxygen atoms in total. The van der Waals surface area contributed by atoms with E-state index in [0.717, 1.165) is 42.7 Å². The molecule has 1 aromatic rings. The number of ether oxygens (including phenoxy) is 2. The maximum atomic E-state index is 12.3. The van der Waals surface area contributed by atoms with Crippen LogP contribution in [0, 0.1) is 0 Å². The molecular weight excluding hydrogens is 240 g/mol. The van der Waals surface area contributed by atoms with Gasteiger partial charge in [-0.2, -0.15) is 0 Å². The summed E-state index contributed by atoms with van der Waals surface area (Å²) >= 11 is 0. The predicted molar refractivity (Wildman–Crippen MR) is 75.0 cm³/mol. The molecule has 0 heterocycles. The lowest BCUT2D eigenvalue weighted by molar-refractivity contribution is -0.123. The number of hydrogen-bond donors (Lipinski definition) is 0. The molecule has 1 saturated carbocycles. The lowest BCUT2D eigenvalue weighted by Gasteiger charge is -2.36. The molecule has 0 unspecified atom stereocenters. The van der Waals surface area contributed by atoms with Crippen LogP contribution in [-0.4, -0.2) is 20.0 Å². The van der Waals surface area contributed by atoms with Gasteiger partial charge in [0.1, 0.15) is 17.3 Å². The Kier molecular flexibility index (Phi) is 4.13. The molecule has 0 spiro atoms. The third-order valence-electron chi connectivity index (χ3n) is 4.30. The van der Waals surface area contributed by atoms with Gasteiger partial charge in [0, 0.05) is 5.56 Å². The minimum Gasteiger partial charge on any atom is -0.497 e. The van der Waals surface area contributed by atoms with E-state index in [1.807, 2.05) is 18.2 Å². The average molecular weight is 262 g/mol. The van der Waals surface area contributed by atoms with E-state index >= 15 is 0 Å². The normalized spacial score (nSPS) is 17.8. The lowest BCUT2D eigenvalue weighted by atomic mass is 9.67. The Hall–Kier alpha value is -1.51. The molecule has 0 amide bonds. The standard InChI is InChI=1S/C16H22O3/c1-12(17)16(9-5-4-6-10-16)14-11-13(18-2)7-8-15(14)19-3/h7-8,11H,4-6,9-10H2,1-3H3. The van der Waals surface area contributed by atoms with Gasteiger partial charge in [0.15, 0.2) is 0 Å². The first-order valence-corrected chi connectivity index (χ1v) is 6.87. The second-order valence-electron chi connectivity index (χ2n) is 5.27. The number of rotatable bonds is 4. The molecule has 0 aromatic heterocycles. The average Bonchev–Trinajstić information content (AvgIpc) is 2.47. The summed E-state index contributed by atoms with van der Waals surface area (Å²) in [5.74, 6) is 1.80. The molecule has 1 aliphatic rings. The van der Waals surface area contributed by atoms with Crippen LogP contribution < -0.4 is 9.47 Å². The largest absolute Gasteiger partial charge is 0.497 e. The van der Waals surface area contributed by atoms with Gasteiger partial charge in [-0.25, -0.2) is 0 Å². The van der Waals surface area contributed by atoms with E-state index in [4.69, 9.17) is 9.47 Å². The molecule has 0 aliphatic heterocycles. The number of methoxy groups -OCH3 is 2. The van der Waals surface area contributed by atoms with Crippen LogP contribution in [0.4, 0.5) is 0 Å². The highest BCUT2D eigenvalue weighted by atomic mass is 16.5. The minimum absolute atomic E-state index is 0.235. The van der Waals surface area contributed by atoms with Gasteiger partial charge in [-0.15, -0.1) is 0 Å². The van der Waals surface area contributed by atoms with Crippen molar-refractivity contribution in [1.29, 1.82) is 0 Å². The van der Waals surface area contributed by atoms with Crippen LogP contribution in [0.2, 0.25) is 0 Å². The van der Waals surface area contributed by atoms with Crippen LogP contribution in [0.25, 0.3) is 0 Å². The fourth-order valence-corrected chi connectivity index (χ4v) is 3.15. The lowest BCUT2D eigenvalue weighted by Crippen LogP contribution is -2.36. The van der Waals surface area contributed by atoms with E-state index in [1.165, 1.54) is 6.42 Å². The highest BCUT2D eigenvalue weighted by molar-refractivity contribution is 5.89. The number of carbonyl (C=O) groups is 1. The highest BCUT2D eigenvalue weighted by Crippen LogP contribution is 2.45. The van der Waals surface area contributed by atoms with E-state index in [-0.39, 0.29) is 5.78 Å². The monoisotopic (exact) mass is 262 g/mol. The molecule has 1 aliphatic carbocycles. The SMILES string of the molecule is COc1ccc(OC)c(C2(C(C)=O)CCCCC2)c1. The van der Waals surface area contributed by atoms with Crippen molar-refractivity contribution in [2.75, 3.05) is 14.2 Å². The fraction of sp³-hybridized carbons (Fsp3) is 0.562. The van der Waals surface area contributed by atoms with Crippen molar-refractivity contribution in [3.05, 3.63) is 23.8 Å². The van der Waals surface area contributed by atoms with Gasteiger partial charge in [0.2, 0.25) is 0 Å². The summed E-state index contributed by atoms with van der Waals surface area (Å²) in [4.78, 5) is 12.3. The number of carbonyl (C=O) groups excluding carboxylic acids is 1. The fourth-order valence-electron chi connectivity index (χ4n) is 3.15. The van der Waals surface area contributed by atoms with Gasteiger partial charge in [-0.1, -0.05) is 19.3 Å². The smallest absolute Gasteiger partial charge is 0.140 e. The molecule has 0 atom stereocenters. The molecule has 104 valence electrons. The first-order chi connectivity index (χ1) is 9.14. The molecular formula is C16H22O3. The molecule has 0 N–H and O–H groups in total. The zero-order valence-corrected chi connectivity index (χ0v) is 12.0. The molecule has 0 saturated heterocycles. The second kappa shape index (κ2) is 5.64. The molecule has 19 heavy (non-hydrogen) atoms. The number of ketones is 1. The Morgan fingerprint density at radius 2 is 1.79 bits per heavy atom. The van der Waals surface area contributed by atoms with Crippen LogP contribution in [0.15, 0.2) is 18.2 Å². The van der Waals surface area contributed by atoms with Crippen LogP contribution >= 0.6 is 0 Å². The summed E-state index contributed by atoms with van der Waals surface area (Å²) in [5.41, 5.74) is 0.597. The topological polar surface area (TPSA) is 35.5 Å². The highest BCUT2D eigenvalue weighted by Gasteiger charge is 2.40. The summed E-state index contributed by atoms with van der Waals surface area (Å²) in [6.45, 7) is 1.70. The number of hydrogen-bond acceptors (Lipinski definition) is 3. The van der Waals surface area contributed by atoms with E-state index in [2.05, 4.69) is 0 Å². The number of benzene rings is 1. The molecule has 1 fully saturated rings. The van der Waals surface area contributed by atoms with Crippen molar-refractivity contribution in [2.24, 2.45) is 0 Å². The van der Waals surface area contributed by atoms with Crippen molar-refractivity contribution >= 4 is 5.78 Å². The van der Waals surface area contributed by atoms with E-state index < -0.39 is 5.41 Å². The first kappa shape index (κ1) is 13.9. The van der Waals surface area contributed by atoms with Gasteiger partial charge in [-0.3, -0.25) is 4.79 Å². The molecule has 0 radical (unpaired) electrons. The van der Waals surface area contributed by atoms with Crippen molar-refractivity contribution in [3.63, 3.8) is 0 Å². The van der Waals surface area contributed by atoms with Gasteiger partial charge >= 0.3 is 0 Å². The van der Waals surface area contributed by atoms with Gasteiger partial charge in [-0.05, 0) is 38.0 Å². The van der Waals surface area contributed by atoms with Gasteiger partial charge < -0.3 is 9.47 Å². The van der Waals surface area contributed by atoms with Crippen molar-refractivity contribution in [1.82, 2.24) is 0 Å². The maximum absolute atomic E-state index is 12.3. The Bertz CT molecular complexity index is 459. The Labute approximate surface area is 114 Å². The van der Waals surface area contributed by atoms with Crippen molar-refractivity contribution in [2.45, 2.75) is 44.4 Å². The van der Waals surface area contributed by atoms with E-state index in [0.29, 0.717) is 0 Å². The molecule has 3 heteroatoms. The van der Waals surface area contributed by atoms with E-state index in [1.54, 1.807) is 21.1 Å². The van der Waals surface area contributed by atoms with Crippen LogP contribution in [0.5, 0.6) is 11.5 Å².